The van der Waals surface area contributed by atoms with E-state index in [-0.39, 0.29) is 18.2 Å². The maximum absolute atomic E-state index is 11.6. The van der Waals surface area contributed by atoms with Crippen LogP contribution in [-0.4, -0.2) is 5.91 Å². The Morgan fingerprint density at radius 1 is 1.60 bits per heavy atom. The van der Waals surface area contributed by atoms with Crippen molar-refractivity contribution in [2.75, 3.05) is 5.32 Å². The van der Waals surface area contributed by atoms with Crippen LogP contribution in [0.25, 0.3) is 0 Å². The van der Waals surface area contributed by atoms with Gasteiger partial charge in [-0.25, -0.2) is 0 Å². The third-order valence-electron chi connectivity index (χ3n) is 2.52. The van der Waals surface area contributed by atoms with Crippen molar-refractivity contribution in [3.8, 4) is 6.07 Å². The summed E-state index contributed by atoms with van der Waals surface area (Å²) in [5.74, 6) is -0.363. The topological polar surface area (TPSA) is 52.9 Å². The van der Waals surface area contributed by atoms with Crippen LogP contribution in [0.1, 0.15) is 12.0 Å². The van der Waals surface area contributed by atoms with Gasteiger partial charge in [0.15, 0.2) is 0 Å². The van der Waals surface area contributed by atoms with Crippen molar-refractivity contribution in [2.45, 2.75) is 12.8 Å². The molecule has 4 heteroatoms. The highest BCUT2D eigenvalue weighted by atomic mass is 35.5. The van der Waals surface area contributed by atoms with Crippen LogP contribution in [0.15, 0.2) is 18.2 Å². The van der Waals surface area contributed by atoms with E-state index in [1.807, 2.05) is 18.2 Å². The number of amides is 1. The second kappa shape index (κ2) is 3.92. The Morgan fingerprint density at radius 2 is 2.40 bits per heavy atom. The average molecular weight is 221 g/mol. The minimum absolute atomic E-state index is 0.114. The minimum atomic E-state index is -0.249. The number of anilines is 1. The number of nitrogens with zero attached hydrogens (tertiary/aromatic N) is 1. The van der Waals surface area contributed by atoms with Gasteiger partial charge in [-0.05, 0) is 18.1 Å². The highest BCUT2D eigenvalue weighted by molar-refractivity contribution is 6.34. The molecular weight excluding hydrogens is 212 g/mol. The SMILES string of the molecule is N#CCC1Cc2cccc(Cl)c2NC1=O. The number of halogens is 1. The molecule has 1 aromatic carbocycles. The molecule has 1 aliphatic heterocycles. The van der Waals surface area contributed by atoms with Crippen molar-refractivity contribution >= 4 is 23.2 Å². The van der Waals surface area contributed by atoms with E-state index in [1.54, 1.807) is 6.07 Å². The zero-order valence-electron chi connectivity index (χ0n) is 7.96. The summed E-state index contributed by atoms with van der Waals surface area (Å²) in [6.07, 6.45) is 0.840. The Labute approximate surface area is 92.7 Å². The third kappa shape index (κ3) is 1.81. The van der Waals surface area contributed by atoms with Crippen LogP contribution in [0.4, 0.5) is 5.69 Å². The lowest BCUT2D eigenvalue weighted by Crippen LogP contribution is -2.29. The van der Waals surface area contributed by atoms with Crippen LogP contribution in [0.5, 0.6) is 0 Å². The second-order valence-corrected chi connectivity index (χ2v) is 3.93. The van der Waals surface area contributed by atoms with E-state index >= 15 is 0 Å². The Hall–Kier alpha value is -1.53. The standard InChI is InChI=1S/C11H9ClN2O/c12-9-3-1-2-7-6-8(4-5-13)11(15)14-10(7)9/h1-3,8H,4,6H2,(H,14,15). The molecule has 1 unspecified atom stereocenters. The van der Waals surface area contributed by atoms with E-state index in [9.17, 15) is 4.79 Å². The average Bonchev–Trinajstić information content (AvgIpc) is 2.21. The Balaban J connectivity index is 2.35. The van der Waals surface area contributed by atoms with E-state index < -0.39 is 0 Å². The Bertz CT molecular complexity index is 450. The maximum atomic E-state index is 11.6. The summed E-state index contributed by atoms with van der Waals surface area (Å²) in [5.41, 5.74) is 1.70. The van der Waals surface area contributed by atoms with Gasteiger partial charge in [-0.2, -0.15) is 5.26 Å². The first-order valence-electron chi connectivity index (χ1n) is 4.67. The second-order valence-electron chi connectivity index (χ2n) is 3.53. The van der Waals surface area contributed by atoms with Gasteiger partial charge in [0, 0.05) is 6.42 Å². The molecule has 0 aromatic heterocycles. The van der Waals surface area contributed by atoms with Crippen molar-refractivity contribution in [3.63, 3.8) is 0 Å². The number of benzene rings is 1. The number of nitrogens with one attached hydrogen (secondary N) is 1. The number of fused-ring (bicyclic) bond motifs is 1. The molecule has 1 atom stereocenters. The van der Waals surface area contributed by atoms with Crippen LogP contribution >= 0.6 is 11.6 Å². The van der Waals surface area contributed by atoms with Gasteiger partial charge in [0.1, 0.15) is 0 Å². The molecule has 0 saturated carbocycles. The molecule has 1 amide bonds. The monoisotopic (exact) mass is 220 g/mol. The fourth-order valence-electron chi connectivity index (χ4n) is 1.74. The number of carbonyl (C=O) groups is 1. The van der Waals surface area contributed by atoms with Crippen LogP contribution in [0.3, 0.4) is 0 Å². The predicted molar refractivity (Wildman–Crippen MR) is 57.5 cm³/mol. The number of para-hydroxylation sites is 1. The van der Waals surface area contributed by atoms with Crippen LogP contribution < -0.4 is 5.32 Å². The number of rotatable bonds is 1. The maximum Gasteiger partial charge on any atom is 0.228 e. The molecule has 1 N–H and O–H groups in total. The van der Waals surface area contributed by atoms with Gasteiger partial charge >= 0.3 is 0 Å². The first kappa shape index (κ1) is 10.0. The molecule has 0 radical (unpaired) electrons. The molecule has 0 saturated heterocycles. The highest BCUT2D eigenvalue weighted by Gasteiger charge is 2.26. The van der Waals surface area contributed by atoms with Gasteiger partial charge < -0.3 is 5.32 Å². The minimum Gasteiger partial charge on any atom is -0.324 e. The first-order chi connectivity index (χ1) is 7.22. The number of hydrogen-bond donors (Lipinski definition) is 1. The molecule has 0 fully saturated rings. The van der Waals surface area contributed by atoms with Crippen molar-refractivity contribution < 1.29 is 4.79 Å². The van der Waals surface area contributed by atoms with Crippen molar-refractivity contribution in [2.24, 2.45) is 5.92 Å². The van der Waals surface area contributed by atoms with E-state index in [1.165, 1.54) is 0 Å². The lowest BCUT2D eigenvalue weighted by Gasteiger charge is -2.23. The first-order valence-corrected chi connectivity index (χ1v) is 5.05. The summed E-state index contributed by atoms with van der Waals surface area (Å²) in [5, 5.41) is 11.9. The number of nitriles is 1. The smallest absolute Gasteiger partial charge is 0.228 e. The molecule has 0 spiro atoms. The number of hydrogen-bond acceptors (Lipinski definition) is 2. The molecule has 1 aliphatic rings. The molecule has 0 bridgehead atoms. The largest absolute Gasteiger partial charge is 0.324 e. The summed E-state index contributed by atoms with van der Waals surface area (Å²) >= 11 is 5.95. The Kier molecular flexibility index (Phi) is 2.61. The normalized spacial score (nSPS) is 18.9. The quantitative estimate of drug-likeness (QED) is 0.790. The van der Waals surface area contributed by atoms with Crippen LogP contribution in [0.2, 0.25) is 5.02 Å². The summed E-state index contributed by atoms with van der Waals surface area (Å²) in [6.45, 7) is 0. The van der Waals surface area contributed by atoms with Crippen molar-refractivity contribution in [3.05, 3.63) is 28.8 Å². The molecule has 76 valence electrons. The lowest BCUT2D eigenvalue weighted by molar-refractivity contribution is -0.120. The zero-order valence-corrected chi connectivity index (χ0v) is 8.71. The molecular formula is C11H9ClN2O. The molecule has 2 rings (SSSR count). The third-order valence-corrected chi connectivity index (χ3v) is 2.84. The van der Waals surface area contributed by atoms with Crippen molar-refractivity contribution in [1.82, 2.24) is 0 Å². The van der Waals surface area contributed by atoms with Gasteiger partial charge in [0.05, 0.1) is 22.7 Å². The molecule has 0 aliphatic carbocycles. The van der Waals surface area contributed by atoms with Crippen LogP contribution in [0, 0.1) is 17.2 Å². The van der Waals surface area contributed by atoms with E-state index in [0.717, 1.165) is 5.56 Å². The highest BCUT2D eigenvalue weighted by Crippen LogP contribution is 2.32. The van der Waals surface area contributed by atoms with Gasteiger partial charge in [-0.1, -0.05) is 23.7 Å². The fourth-order valence-corrected chi connectivity index (χ4v) is 1.98. The predicted octanol–water partition coefficient (Wildman–Crippen LogP) is 2.36. The molecule has 3 nitrogen and oxygen atoms in total. The lowest BCUT2D eigenvalue weighted by atomic mass is 9.91. The van der Waals surface area contributed by atoms with E-state index in [0.29, 0.717) is 17.1 Å². The van der Waals surface area contributed by atoms with Crippen LogP contribution in [-0.2, 0) is 11.2 Å². The zero-order chi connectivity index (χ0) is 10.8. The molecule has 15 heavy (non-hydrogen) atoms. The van der Waals surface area contributed by atoms with Gasteiger partial charge in [-0.15, -0.1) is 0 Å². The number of carbonyl (C=O) groups excluding carboxylic acids is 1. The summed E-state index contributed by atoms with van der Waals surface area (Å²) in [6, 6.07) is 7.53. The summed E-state index contributed by atoms with van der Waals surface area (Å²) < 4.78 is 0. The van der Waals surface area contributed by atoms with Crippen molar-refractivity contribution in [1.29, 1.82) is 5.26 Å². The Morgan fingerprint density at radius 3 is 3.13 bits per heavy atom. The fraction of sp³-hybridized carbons (Fsp3) is 0.273. The summed E-state index contributed by atoms with van der Waals surface area (Å²) in [4.78, 5) is 11.6. The van der Waals surface area contributed by atoms with Gasteiger partial charge in [0.2, 0.25) is 5.91 Å². The molecule has 1 heterocycles. The van der Waals surface area contributed by atoms with E-state index in [2.05, 4.69) is 5.32 Å². The summed E-state index contributed by atoms with van der Waals surface area (Å²) in [7, 11) is 0. The molecule has 1 aromatic rings. The van der Waals surface area contributed by atoms with Gasteiger partial charge in [-0.3, -0.25) is 4.79 Å². The van der Waals surface area contributed by atoms with Gasteiger partial charge in [0.25, 0.3) is 0 Å². The van der Waals surface area contributed by atoms with E-state index in [4.69, 9.17) is 16.9 Å².